The summed E-state index contributed by atoms with van der Waals surface area (Å²) in [4.78, 5) is 28.0. The van der Waals surface area contributed by atoms with Crippen LogP contribution in [-0.4, -0.2) is 24.1 Å². The van der Waals surface area contributed by atoms with Crippen LogP contribution in [0.4, 0.5) is 10.5 Å². The van der Waals surface area contributed by atoms with Crippen molar-refractivity contribution in [1.29, 1.82) is 0 Å². The Morgan fingerprint density at radius 1 is 1.15 bits per heavy atom. The summed E-state index contributed by atoms with van der Waals surface area (Å²) in [6, 6.07) is 14.4. The number of anilines is 1. The van der Waals surface area contributed by atoms with Crippen LogP contribution in [0.15, 0.2) is 59.2 Å². The summed E-state index contributed by atoms with van der Waals surface area (Å²) < 4.78 is 5.68. The molecule has 0 radical (unpaired) electrons. The van der Waals surface area contributed by atoms with Gasteiger partial charge in [0, 0.05) is 28.0 Å². The zero-order valence-electron chi connectivity index (χ0n) is 14.0. The van der Waals surface area contributed by atoms with E-state index >= 15 is 0 Å². The number of carbonyl (C=O) groups is 2. The number of pyridine rings is 1. The Hall–Kier alpha value is -2.93. The standard InChI is InChI=1S/C19H16BrN3O3/c1-26-18(24)17-9-15-13(11-21-17)3-2-4-16(15)23-19(25)22-10-12-5-7-14(20)8-6-12/h2-9,11H,10H2,1H3,(H2,22,23,25). The highest BCUT2D eigenvalue weighted by Gasteiger charge is 2.11. The zero-order valence-corrected chi connectivity index (χ0v) is 15.5. The van der Waals surface area contributed by atoms with Crippen molar-refractivity contribution in [3.8, 4) is 0 Å². The number of amides is 2. The number of esters is 1. The first-order chi connectivity index (χ1) is 12.6. The van der Waals surface area contributed by atoms with Gasteiger partial charge in [0.1, 0.15) is 5.69 Å². The second-order valence-corrected chi connectivity index (χ2v) is 6.44. The first kappa shape index (κ1) is 17.9. The SMILES string of the molecule is COC(=O)c1cc2c(NC(=O)NCc3ccc(Br)cc3)cccc2cn1. The van der Waals surface area contributed by atoms with Gasteiger partial charge >= 0.3 is 12.0 Å². The summed E-state index contributed by atoms with van der Waals surface area (Å²) in [6.07, 6.45) is 1.58. The molecule has 0 aliphatic rings. The second-order valence-electron chi connectivity index (χ2n) is 5.52. The average Bonchev–Trinajstić information content (AvgIpc) is 2.67. The molecule has 0 aliphatic heterocycles. The van der Waals surface area contributed by atoms with Crippen molar-refractivity contribution in [2.45, 2.75) is 6.54 Å². The molecule has 132 valence electrons. The smallest absolute Gasteiger partial charge is 0.356 e. The van der Waals surface area contributed by atoms with E-state index in [9.17, 15) is 9.59 Å². The number of hydrogen-bond acceptors (Lipinski definition) is 4. The van der Waals surface area contributed by atoms with Crippen molar-refractivity contribution in [2.24, 2.45) is 0 Å². The molecule has 2 aromatic carbocycles. The molecule has 2 N–H and O–H groups in total. The van der Waals surface area contributed by atoms with Gasteiger partial charge in [0.25, 0.3) is 0 Å². The summed E-state index contributed by atoms with van der Waals surface area (Å²) in [7, 11) is 1.30. The lowest BCUT2D eigenvalue weighted by molar-refractivity contribution is 0.0594. The Labute approximate surface area is 158 Å². The minimum Gasteiger partial charge on any atom is -0.464 e. The van der Waals surface area contributed by atoms with Crippen LogP contribution in [-0.2, 0) is 11.3 Å². The van der Waals surface area contributed by atoms with Crippen molar-refractivity contribution in [2.75, 3.05) is 12.4 Å². The molecule has 0 aliphatic carbocycles. The van der Waals surface area contributed by atoms with Crippen LogP contribution in [0, 0.1) is 0 Å². The molecular formula is C19H16BrN3O3. The maximum atomic E-state index is 12.2. The van der Waals surface area contributed by atoms with Gasteiger partial charge in [-0.1, -0.05) is 40.2 Å². The highest BCUT2D eigenvalue weighted by atomic mass is 79.9. The second kappa shape index (κ2) is 7.97. The van der Waals surface area contributed by atoms with Crippen molar-refractivity contribution < 1.29 is 14.3 Å². The van der Waals surface area contributed by atoms with Crippen LogP contribution in [0.3, 0.4) is 0 Å². The average molecular weight is 414 g/mol. The van der Waals surface area contributed by atoms with Crippen molar-refractivity contribution in [1.82, 2.24) is 10.3 Å². The Morgan fingerprint density at radius 3 is 2.65 bits per heavy atom. The number of methoxy groups -OCH3 is 1. The number of aromatic nitrogens is 1. The molecule has 6 nitrogen and oxygen atoms in total. The summed E-state index contributed by atoms with van der Waals surface area (Å²) in [5, 5.41) is 7.14. The van der Waals surface area contributed by atoms with Gasteiger partial charge in [-0.2, -0.15) is 0 Å². The molecule has 0 saturated heterocycles. The van der Waals surface area contributed by atoms with Gasteiger partial charge in [-0.15, -0.1) is 0 Å². The number of hydrogen-bond donors (Lipinski definition) is 2. The lowest BCUT2D eigenvalue weighted by atomic mass is 10.1. The number of urea groups is 1. The van der Waals surface area contributed by atoms with E-state index in [1.54, 1.807) is 18.3 Å². The van der Waals surface area contributed by atoms with Crippen LogP contribution in [0.1, 0.15) is 16.1 Å². The number of nitrogens with one attached hydrogen (secondary N) is 2. The fourth-order valence-corrected chi connectivity index (χ4v) is 2.71. The lowest BCUT2D eigenvalue weighted by Crippen LogP contribution is -2.28. The van der Waals surface area contributed by atoms with E-state index in [1.807, 2.05) is 36.4 Å². The summed E-state index contributed by atoms with van der Waals surface area (Å²) in [5.74, 6) is -0.526. The molecule has 0 saturated carbocycles. The molecule has 1 heterocycles. The highest BCUT2D eigenvalue weighted by molar-refractivity contribution is 9.10. The van der Waals surface area contributed by atoms with Gasteiger partial charge in [-0.25, -0.2) is 14.6 Å². The third kappa shape index (κ3) is 4.18. The van der Waals surface area contributed by atoms with Gasteiger partial charge in [-0.3, -0.25) is 0 Å². The predicted octanol–water partition coefficient (Wildman–Crippen LogP) is 4.11. The van der Waals surface area contributed by atoms with Gasteiger partial charge < -0.3 is 15.4 Å². The number of benzene rings is 2. The quantitative estimate of drug-likeness (QED) is 0.630. The van der Waals surface area contributed by atoms with E-state index in [0.717, 1.165) is 15.4 Å². The number of rotatable bonds is 4. The lowest BCUT2D eigenvalue weighted by Gasteiger charge is -2.11. The minimum atomic E-state index is -0.526. The van der Waals surface area contributed by atoms with Crippen LogP contribution < -0.4 is 10.6 Å². The van der Waals surface area contributed by atoms with Crippen LogP contribution in [0.2, 0.25) is 0 Å². The maximum Gasteiger partial charge on any atom is 0.356 e. The van der Waals surface area contributed by atoms with E-state index in [1.165, 1.54) is 7.11 Å². The van der Waals surface area contributed by atoms with E-state index in [-0.39, 0.29) is 11.7 Å². The zero-order chi connectivity index (χ0) is 18.5. The largest absolute Gasteiger partial charge is 0.464 e. The van der Waals surface area contributed by atoms with Crippen LogP contribution >= 0.6 is 15.9 Å². The van der Waals surface area contributed by atoms with Crippen LogP contribution in [0.25, 0.3) is 10.8 Å². The predicted molar refractivity (Wildman–Crippen MR) is 103 cm³/mol. The molecule has 0 spiro atoms. The highest BCUT2D eigenvalue weighted by Crippen LogP contribution is 2.23. The molecular weight excluding hydrogens is 398 g/mol. The first-order valence-electron chi connectivity index (χ1n) is 7.83. The maximum absolute atomic E-state index is 12.2. The molecule has 26 heavy (non-hydrogen) atoms. The van der Waals surface area contributed by atoms with Crippen molar-refractivity contribution in [3.63, 3.8) is 0 Å². The Balaban J connectivity index is 1.75. The van der Waals surface area contributed by atoms with Gasteiger partial charge in [0.05, 0.1) is 12.8 Å². The molecule has 1 aromatic heterocycles. The fourth-order valence-electron chi connectivity index (χ4n) is 2.45. The van der Waals surface area contributed by atoms with E-state index < -0.39 is 5.97 Å². The van der Waals surface area contributed by atoms with E-state index in [4.69, 9.17) is 4.74 Å². The van der Waals surface area contributed by atoms with E-state index in [2.05, 4.69) is 31.5 Å². The molecule has 7 heteroatoms. The Bertz CT molecular complexity index is 958. The topological polar surface area (TPSA) is 80.3 Å². The number of carbonyl (C=O) groups excluding carboxylic acids is 2. The molecule has 3 rings (SSSR count). The van der Waals surface area contributed by atoms with Crippen molar-refractivity contribution in [3.05, 3.63) is 70.5 Å². The Morgan fingerprint density at radius 2 is 1.92 bits per heavy atom. The summed E-state index contributed by atoms with van der Waals surface area (Å²) >= 11 is 3.38. The van der Waals surface area contributed by atoms with Gasteiger partial charge in [0.15, 0.2) is 0 Å². The molecule has 0 unspecified atom stereocenters. The number of halogens is 1. The molecule has 0 fully saturated rings. The molecule has 2 amide bonds. The molecule has 0 atom stereocenters. The van der Waals surface area contributed by atoms with Gasteiger partial charge in [0.2, 0.25) is 0 Å². The third-order valence-electron chi connectivity index (χ3n) is 3.77. The van der Waals surface area contributed by atoms with Crippen LogP contribution in [0.5, 0.6) is 0 Å². The van der Waals surface area contributed by atoms with Gasteiger partial charge in [-0.05, 0) is 29.8 Å². The van der Waals surface area contributed by atoms with E-state index in [0.29, 0.717) is 17.6 Å². The number of nitrogens with zero attached hydrogens (tertiary/aromatic N) is 1. The third-order valence-corrected chi connectivity index (χ3v) is 4.30. The monoisotopic (exact) mass is 413 g/mol. The molecule has 3 aromatic rings. The molecule has 0 bridgehead atoms. The number of fused-ring (bicyclic) bond motifs is 1. The van der Waals surface area contributed by atoms with Crippen molar-refractivity contribution >= 4 is 44.4 Å². The summed E-state index contributed by atoms with van der Waals surface area (Å²) in [6.45, 7) is 0.402. The fraction of sp³-hybridized carbons (Fsp3) is 0.105. The minimum absolute atomic E-state index is 0.185. The first-order valence-corrected chi connectivity index (χ1v) is 8.62. The Kier molecular flexibility index (Phi) is 5.48. The normalized spacial score (nSPS) is 10.4. The number of ether oxygens (including phenoxy) is 1. The summed E-state index contributed by atoms with van der Waals surface area (Å²) in [5.41, 5.74) is 1.76.